The van der Waals surface area contributed by atoms with Gasteiger partial charge in [-0.15, -0.1) is 0 Å². The SMILES string of the molecule is Cc1noc(C)c1S(=O)(=O)NCc1ccn[nH]1. The first-order valence-electron chi connectivity index (χ1n) is 4.91. The third kappa shape index (κ3) is 2.37. The van der Waals surface area contributed by atoms with Crippen molar-refractivity contribution in [2.75, 3.05) is 0 Å². The molecule has 17 heavy (non-hydrogen) atoms. The molecule has 7 nitrogen and oxygen atoms in total. The highest BCUT2D eigenvalue weighted by Crippen LogP contribution is 2.18. The minimum atomic E-state index is -3.61. The number of aromatic nitrogens is 3. The highest BCUT2D eigenvalue weighted by atomic mass is 32.2. The first-order valence-corrected chi connectivity index (χ1v) is 6.40. The fourth-order valence-electron chi connectivity index (χ4n) is 1.49. The molecule has 0 aliphatic rings. The van der Waals surface area contributed by atoms with Gasteiger partial charge in [0.1, 0.15) is 10.6 Å². The minimum absolute atomic E-state index is 0.0945. The van der Waals surface area contributed by atoms with E-state index in [2.05, 4.69) is 20.1 Å². The zero-order chi connectivity index (χ0) is 12.5. The summed E-state index contributed by atoms with van der Waals surface area (Å²) in [6.45, 7) is 3.29. The molecule has 8 heteroatoms. The molecule has 2 heterocycles. The van der Waals surface area contributed by atoms with Crippen LogP contribution in [0.3, 0.4) is 0 Å². The second-order valence-corrected chi connectivity index (χ2v) is 5.26. The van der Waals surface area contributed by atoms with Gasteiger partial charge in [0.05, 0.1) is 12.2 Å². The second kappa shape index (κ2) is 4.30. The van der Waals surface area contributed by atoms with E-state index in [1.54, 1.807) is 26.1 Å². The molecule has 2 rings (SSSR count). The maximum atomic E-state index is 12.0. The van der Waals surface area contributed by atoms with E-state index in [-0.39, 0.29) is 17.2 Å². The molecule has 0 aliphatic carbocycles. The van der Waals surface area contributed by atoms with Crippen molar-refractivity contribution in [2.45, 2.75) is 25.3 Å². The van der Waals surface area contributed by atoms with E-state index >= 15 is 0 Å². The molecule has 0 spiro atoms. The Morgan fingerprint density at radius 2 is 2.24 bits per heavy atom. The molecule has 0 saturated heterocycles. The Balaban J connectivity index is 2.20. The summed E-state index contributed by atoms with van der Waals surface area (Å²) in [5.41, 5.74) is 1.03. The molecular formula is C9H12N4O3S. The Labute approximate surface area is 98.3 Å². The summed E-state index contributed by atoms with van der Waals surface area (Å²) in [7, 11) is -3.61. The van der Waals surface area contributed by atoms with Crippen molar-refractivity contribution < 1.29 is 12.9 Å². The molecule has 0 fully saturated rings. The second-order valence-electron chi connectivity index (χ2n) is 3.56. The van der Waals surface area contributed by atoms with Crippen molar-refractivity contribution in [3.63, 3.8) is 0 Å². The Kier molecular flexibility index (Phi) is 2.99. The van der Waals surface area contributed by atoms with Gasteiger partial charge in [-0.1, -0.05) is 5.16 Å². The predicted molar refractivity (Wildman–Crippen MR) is 58.6 cm³/mol. The van der Waals surface area contributed by atoms with Gasteiger partial charge in [-0.3, -0.25) is 5.10 Å². The quantitative estimate of drug-likeness (QED) is 0.829. The normalized spacial score (nSPS) is 11.9. The molecule has 2 aromatic heterocycles. The zero-order valence-corrected chi connectivity index (χ0v) is 10.2. The van der Waals surface area contributed by atoms with Crippen LogP contribution in [-0.4, -0.2) is 23.8 Å². The highest BCUT2D eigenvalue weighted by Gasteiger charge is 2.23. The molecule has 92 valence electrons. The zero-order valence-electron chi connectivity index (χ0n) is 9.39. The third-order valence-electron chi connectivity index (χ3n) is 2.25. The lowest BCUT2D eigenvalue weighted by atomic mass is 10.4. The number of nitrogens with one attached hydrogen (secondary N) is 2. The van der Waals surface area contributed by atoms with Gasteiger partial charge in [-0.2, -0.15) is 5.10 Å². The summed E-state index contributed by atoms with van der Waals surface area (Å²) in [4.78, 5) is 0.0945. The molecule has 0 saturated carbocycles. The number of aryl methyl sites for hydroxylation is 2. The van der Waals surface area contributed by atoms with E-state index in [4.69, 9.17) is 4.52 Å². The van der Waals surface area contributed by atoms with Crippen LogP contribution in [-0.2, 0) is 16.6 Å². The lowest BCUT2D eigenvalue weighted by Gasteiger charge is -2.04. The van der Waals surface area contributed by atoms with Crippen LogP contribution >= 0.6 is 0 Å². The topological polar surface area (TPSA) is 101 Å². The van der Waals surface area contributed by atoms with Gasteiger partial charge in [-0.05, 0) is 19.9 Å². The standard InChI is InChI=1S/C9H12N4O3S/c1-6-9(7(2)16-13-6)17(14,15)11-5-8-3-4-10-12-8/h3-4,11H,5H2,1-2H3,(H,10,12). The molecular weight excluding hydrogens is 244 g/mol. The van der Waals surface area contributed by atoms with Crippen LogP contribution in [0.5, 0.6) is 0 Å². The van der Waals surface area contributed by atoms with Gasteiger partial charge < -0.3 is 4.52 Å². The van der Waals surface area contributed by atoms with Gasteiger partial charge >= 0.3 is 0 Å². The predicted octanol–water partition coefficient (Wildman–Crippen LogP) is 0.493. The monoisotopic (exact) mass is 256 g/mol. The Hall–Kier alpha value is -1.67. The van der Waals surface area contributed by atoms with Gasteiger partial charge in [0.25, 0.3) is 0 Å². The Morgan fingerprint density at radius 3 is 2.76 bits per heavy atom. The maximum absolute atomic E-state index is 12.0. The van der Waals surface area contributed by atoms with Crippen molar-refractivity contribution in [2.24, 2.45) is 0 Å². The molecule has 2 aromatic rings. The summed E-state index contributed by atoms with van der Waals surface area (Å²) >= 11 is 0. The molecule has 0 atom stereocenters. The van der Waals surface area contributed by atoms with E-state index in [0.29, 0.717) is 11.4 Å². The molecule has 0 aliphatic heterocycles. The maximum Gasteiger partial charge on any atom is 0.246 e. The summed E-state index contributed by atoms with van der Waals surface area (Å²) in [6, 6.07) is 1.69. The van der Waals surface area contributed by atoms with E-state index in [1.807, 2.05) is 0 Å². The van der Waals surface area contributed by atoms with Crippen molar-refractivity contribution in [1.29, 1.82) is 0 Å². The number of rotatable bonds is 4. The lowest BCUT2D eigenvalue weighted by molar-refractivity contribution is 0.390. The van der Waals surface area contributed by atoms with Gasteiger partial charge in [0.2, 0.25) is 10.0 Å². The van der Waals surface area contributed by atoms with Crippen LogP contribution in [0, 0.1) is 13.8 Å². The minimum Gasteiger partial charge on any atom is -0.360 e. The number of nitrogens with zero attached hydrogens (tertiary/aromatic N) is 2. The molecule has 0 aromatic carbocycles. The largest absolute Gasteiger partial charge is 0.360 e. The van der Waals surface area contributed by atoms with Crippen LogP contribution in [0.1, 0.15) is 17.1 Å². The van der Waals surface area contributed by atoms with Gasteiger partial charge in [0.15, 0.2) is 5.76 Å². The van der Waals surface area contributed by atoms with Gasteiger partial charge in [0, 0.05) is 6.20 Å². The number of sulfonamides is 1. The van der Waals surface area contributed by atoms with Crippen LogP contribution < -0.4 is 4.72 Å². The van der Waals surface area contributed by atoms with Crippen LogP contribution in [0.25, 0.3) is 0 Å². The van der Waals surface area contributed by atoms with Crippen molar-refractivity contribution >= 4 is 10.0 Å². The summed E-state index contributed by atoms with van der Waals surface area (Å²) in [5.74, 6) is 0.277. The fourth-order valence-corrected chi connectivity index (χ4v) is 2.82. The van der Waals surface area contributed by atoms with Crippen molar-refractivity contribution in [3.8, 4) is 0 Å². The summed E-state index contributed by atoms with van der Waals surface area (Å²) in [5, 5.41) is 10.0. The lowest BCUT2D eigenvalue weighted by Crippen LogP contribution is -2.24. The Bertz CT molecular complexity index is 581. The van der Waals surface area contributed by atoms with E-state index in [9.17, 15) is 8.42 Å². The molecule has 2 N–H and O–H groups in total. The van der Waals surface area contributed by atoms with E-state index in [0.717, 1.165) is 0 Å². The number of hydrogen-bond acceptors (Lipinski definition) is 5. The average Bonchev–Trinajstić information content (AvgIpc) is 2.86. The van der Waals surface area contributed by atoms with Crippen LogP contribution in [0.2, 0.25) is 0 Å². The van der Waals surface area contributed by atoms with E-state index < -0.39 is 10.0 Å². The van der Waals surface area contributed by atoms with Crippen molar-refractivity contribution in [1.82, 2.24) is 20.1 Å². The molecule has 0 bridgehead atoms. The highest BCUT2D eigenvalue weighted by molar-refractivity contribution is 7.89. The first-order chi connectivity index (χ1) is 8.00. The van der Waals surface area contributed by atoms with Gasteiger partial charge in [-0.25, -0.2) is 13.1 Å². The number of aromatic amines is 1. The fraction of sp³-hybridized carbons (Fsp3) is 0.333. The summed E-state index contributed by atoms with van der Waals surface area (Å²) < 4.78 is 31.2. The third-order valence-corrected chi connectivity index (χ3v) is 3.89. The molecule has 0 unspecified atom stereocenters. The molecule has 0 amide bonds. The average molecular weight is 256 g/mol. The van der Waals surface area contributed by atoms with Crippen molar-refractivity contribution in [3.05, 3.63) is 29.4 Å². The number of H-pyrrole nitrogens is 1. The number of hydrogen-bond donors (Lipinski definition) is 2. The summed E-state index contributed by atoms with van der Waals surface area (Å²) in [6.07, 6.45) is 1.56. The smallest absolute Gasteiger partial charge is 0.246 e. The molecule has 0 radical (unpaired) electrons. The Morgan fingerprint density at radius 1 is 1.47 bits per heavy atom. The van der Waals surface area contributed by atoms with Crippen LogP contribution in [0.15, 0.2) is 21.7 Å². The van der Waals surface area contributed by atoms with E-state index in [1.165, 1.54) is 0 Å². The first kappa shape index (κ1) is 11.8. The van der Waals surface area contributed by atoms with Crippen LogP contribution in [0.4, 0.5) is 0 Å².